The Hall–Kier alpha value is -0.820. The van der Waals surface area contributed by atoms with Crippen molar-refractivity contribution >= 4 is 29.9 Å². The van der Waals surface area contributed by atoms with Crippen LogP contribution in [0.15, 0.2) is 29.3 Å². The molecule has 2 N–H and O–H groups in total. The van der Waals surface area contributed by atoms with Crippen LogP contribution in [0, 0.1) is 0 Å². The number of nitrogens with one attached hydrogen (secondary N) is 2. The number of hydrogen-bond acceptors (Lipinski definition) is 2. The highest BCUT2D eigenvalue weighted by Crippen LogP contribution is 2.32. The SMILES string of the molecule is CCCNC(=NC)NCCCOC1CCCc2ccccc21.I. The van der Waals surface area contributed by atoms with Gasteiger partial charge in [-0.15, -0.1) is 24.0 Å². The minimum Gasteiger partial charge on any atom is -0.373 e. The zero-order valence-corrected chi connectivity index (χ0v) is 16.6. The van der Waals surface area contributed by atoms with Gasteiger partial charge in [0.2, 0.25) is 0 Å². The molecule has 0 aromatic heterocycles. The van der Waals surface area contributed by atoms with Crippen molar-refractivity contribution in [3.63, 3.8) is 0 Å². The first-order chi connectivity index (χ1) is 10.8. The van der Waals surface area contributed by atoms with Gasteiger partial charge in [-0.3, -0.25) is 4.99 Å². The molecule has 1 unspecified atom stereocenters. The van der Waals surface area contributed by atoms with E-state index in [-0.39, 0.29) is 30.1 Å². The summed E-state index contributed by atoms with van der Waals surface area (Å²) in [6, 6.07) is 8.69. The van der Waals surface area contributed by atoms with E-state index >= 15 is 0 Å². The van der Waals surface area contributed by atoms with Crippen LogP contribution in [0.1, 0.15) is 49.8 Å². The molecule has 23 heavy (non-hydrogen) atoms. The minimum absolute atomic E-state index is 0. The second-order valence-electron chi connectivity index (χ2n) is 5.73. The minimum atomic E-state index is 0. The maximum absolute atomic E-state index is 6.11. The van der Waals surface area contributed by atoms with Gasteiger partial charge in [-0.05, 0) is 43.2 Å². The Balaban J connectivity index is 0.00000264. The van der Waals surface area contributed by atoms with Gasteiger partial charge in [0.25, 0.3) is 0 Å². The maximum Gasteiger partial charge on any atom is 0.190 e. The van der Waals surface area contributed by atoms with E-state index in [0.29, 0.717) is 0 Å². The Morgan fingerprint density at radius 1 is 1.26 bits per heavy atom. The number of hydrogen-bond donors (Lipinski definition) is 2. The molecule has 5 heteroatoms. The van der Waals surface area contributed by atoms with Crippen LogP contribution in [0.3, 0.4) is 0 Å². The fraction of sp³-hybridized carbons (Fsp3) is 0.611. The van der Waals surface area contributed by atoms with Crippen molar-refractivity contribution in [1.82, 2.24) is 10.6 Å². The van der Waals surface area contributed by atoms with Gasteiger partial charge in [-0.1, -0.05) is 31.2 Å². The monoisotopic (exact) mass is 431 g/mol. The predicted molar refractivity (Wildman–Crippen MR) is 108 cm³/mol. The van der Waals surface area contributed by atoms with E-state index in [1.165, 1.54) is 24.0 Å². The van der Waals surface area contributed by atoms with Crippen LogP contribution in [-0.4, -0.2) is 32.7 Å². The molecule has 0 fully saturated rings. The number of ether oxygens (including phenoxy) is 1. The number of benzene rings is 1. The van der Waals surface area contributed by atoms with Crippen molar-refractivity contribution in [3.05, 3.63) is 35.4 Å². The molecule has 1 aromatic rings. The molecule has 130 valence electrons. The first-order valence-electron chi connectivity index (χ1n) is 8.49. The summed E-state index contributed by atoms with van der Waals surface area (Å²) in [6.45, 7) is 4.78. The highest BCUT2D eigenvalue weighted by Gasteiger charge is 2.19. The van der Waals surface area contributed by atoms with Gasteiger partial charge in [0.15, 0.2) is 5.96 Å². The van der Waals surface area contributed by atoms with Crippen LogP contribution in [0.4, 0.5) is 0 Å². The highest BCUT2D eigenvalue weighted by atomic mass is 127. The highest BCUT2D eigenvalue weighted by molar-refractivity contribution is 14.0. The van der Waals surface area contributed by atoms with Crippen LogP contribution in [-0.2, 0) is 11.2 Å². The van der Waals surface area contributed by atoms with E-state index < -0.39 is 0 Å². The zero-order chi connectivity index (χ0) is 15.6. The van der Waals surface area contributed by atoms with Crippen LogP contribution in [0.5, 0.6) is 0 Å². The first-order valence-corrected chi connectivity index (χ1v) is 8.49. The summed E-state index contributed by atoms with van der Waals surface area (Å²) < 4.78 is 6.11. The van der Waals surface area contributed by atoms with Crippen molar-refractivity contribution in [2.75, 3.05) is 26.7 Å². The standard InChI is InChI=1S/C18H29N3O.HI/c1-3-12-20-18(19-2)21-13-7-14-22-17-11-6-9-15-8-4-5-10-16(15)17;/h4-5,8,10,17H,3,6-7,9,11-14H2,1-2H3,(H2,19,20,21);1H. The Kier molecular flexibility index (Phi) is 10.3. The third kappa shape index (κ3) is 6.67. The van der Waals surface area contributed by atoms with Crippen LogP contribution in [0.25, 0.3) is 0 Å². The van der Waals surface area contributed by atoms with Gasteiger partial charge < -0.3 is 15.4 Å². The number of guanidine groups is 1. The molecule has 0 bridgehead atoms. The number of nitrogens with zero attached hydrogens (tertiary/aromatic N) is 1. The van der Waals surface area contributed by atoms with Crippen LogP contribution >= 0.6 is 24.0 Å². The molecule has 1 aromatic carbocycles. The van der Waals surface area contributed by atoms with Crippen LogP contribution in [0.2, 0.25) is 0 Å². The molecule has 4 nitrogen and oxygen atoms in total. The number of fused-ring (bicyclic) bond motifs is 1. The number of aryl methyl sites for hydroxylation is 1. The molecule has 0 spiro atoms. The summed E-state index contributed by atoms with van der Waals surface area (Å²) in [7, 11) is 1.81. The fourth-order valence-corrected chi connectivity index (χ4v) is 2.85. The molecule has 1 atom stereocenters. The molecule has 1 aliphatic rings. The topological polar surface area (TPSA) is 45.7 Å². The smallest absolute Gasteiger partial charge is 0.190 e. The summed E-state index contributed by atoms with van der Waals surface area (Å²) >= 11 is 0. The number of halogens is 1. The molecule has 0 aliphatic heterocycles. The summed E-state index contributed by atoms with van der Waals surface area (Å²) in [5.41, 5.74) is 2.85. The van der Waals surface area contributed by atoms with Crippen molar-refractivity contribution in [3.8, 4) is 0 Å². The van der Waals surface area contributed by atoms with E-state index in [0.717, 1.165) is 44.9 Å². The molecule has 0 saturated carbocycles. The van der Waals surface area contributed by atoms with E-state index in [1.807, 2.05) is 0 Å². The summed E-state index contributed by atoms with van der Waals surface area (Å²) in [5, 5.41) is 6.59. The van der Waals surface area contributed by atoms with Crippen molar-refractivity contribution in [2.24, 2.45) is 4.99 Å². The Morgan fingerprint density at radius 2 is 2.04 bits per heavy atom. The average molecular weight is 431 g/mol. The normalized spacial score (nSPS) is 17.1. The summed E-state index contributed by atoms with van der Waals surface area (Å²) in [5.74, 6) is 0.880. The van der Waals surface area contributed by atoms with E-state index in [2.05, 4.69) is 46.8 Å². The average Bonchev–Trinajstić information content (AvgIpc) is 2.57. The molecular weight excluding hydrogens is 401 g/mol. The molecule has 0 saturated heterocycles. The third-order valence-corrected chi connectivity index (χ3v) is 4.01. The lowest BCUT2D eigenvalue weighted by Crippen LogP contribution is -2.38. The molecule has 1 aliphatic carbocycles. The molecular formula is C18H30IN3O. The van der Waals surface area contributed by atoms with Gasteiger partial charge in [-0.25, -0.2) is 0 Å². The van der Waals surface area contributed by atoms with Crippen LogP contribution < -0.4 is 10.6 Å². The van der Waals surface area contributed by atoms with Crippen molar-refractivity contribution in [1.29, 1.82) is 0 Å². The van der Waals surface area contributed by atoms with E-state index in [1.54, 1.807) is 7.05 Å². The lowest BCUT2D eigenvalue weighted by molar-refractivity contribution is 0.0398. The summed E-state index contributed by atoms with van der Waals surface area (Å²) in [4.78, 5) is 4.20. The predicted octanol–water partition coefficient (Wildman–Crippen LogP) is 3.66. The molecule has 0 heterocycles. The largest absolute Gasteiger partial charge is 0.373 e. The van der Waals surface area contributed by atoms with Gasteiger partial charge in [0, 0.05) is 26.7 Å². The Labute approximate surface area is 157 Å². The molecule has 0 radical (unpaired) electrons. The van der Waals surface area contributed by atoms with Gasteiger partial charge in [-0.2, -0.15) is 0 Å². The maximum atomic E-state index is 6.11. The Bertz CT molecular complexity index is 479. The quantitative estimate of drug-likeness (QED) is 0.300. The van der Waals surface area contributed by atoms with E-state index in [9.17, 15) is 0 Å². The lowest BCUT2D eigenvalue weighted by atomic mass is 9.89. The zero-order valence-electron chi connectivity index (χ0n) is 14.3. The van der Waals surface area contributed by atoms with Gasteiger partial charge in [0.1, 0.15) is 0 Å². The number of aliphatic imine (C=N–C) groups is 1. The van der Waals surface area contributed by atoms with Gasteiger partial charge >= 0.3 is 0 Å². The first kappa shape index (κ1) is 20.2. The second kappa shape index (κ2) is 11.7. The lowest BCUT2D eigenvalue weighted by Gasteiger charge is -2.25. The van der Waals surface area contributed by atoms with Gasteiger partial charge in [0.05, 0.1) is 6.10 Å². The molecule has 0 amide bonds. The molecule has 2 rings (SSSR count). The van der Waals surface area contributed by atoms with E-state index in [4.69, 9.17) is 4.74 Å². The Morgan fingerprint density at radius 3 is 2.83 bits per heavy atom. The van der Waals surface area contributed by atoms with Crippen molar-refractivity contribution in [2.45, 2.75) is 45.1 Å². The second-order valence-corrected chi connectivity index (χ2v) is 5.73. The summed E-state index contributed by atoms with van der Waals surface area (Å²) in [6.07, 6.45) is 5.94. The number of rotatable bonds is 7. The van der Waals surface area contributed by atoms with Crippen molar-refractivity contribution < 1.29 is 4.74 Å². The fourth-order valence-electron chi connectivity index (χ4n) is 2.85. The third-order valence-electron chi connectivity index (χ3n) is 4.01.